The summed E-state index contributed by atoms with van der Waals surface area (Å²) in [6.07, 6.45) is 0. The van der Waals surface area contributed by atoms with Crippen molar-refractivity contribution in [1.29, 1.82) is 0 Å². The van der Waals surface area contributed by atoms with E-state index in [1.807, 2.05) is 0 Å². The van der Waals surface area contributed by atoms with Gasteiger partial charge in [-0.1, -0.05) is 23.4 Å². The van der Waals surface area contributed by atoms with Crippen LogP contribution in [0, 0.1) is 5.82 Å². The monoisotopic (exact) mass is 230 g/mol. The van der Waals surface area contributed by atoms with Gasteiger partial charge in [0.15, 0.2) is 0 Å². The second-order valence-electron chi connectivity index (χ2n) is 3.54. The normalized spacial score (nSPS) is 11.5. The van der Waals surface area contributed by atoms with Gasteiger partial charge >= 0.3 is 0 Å². The van der Waals surface area contributed by atoms with Crippen LogP contribution in [0.25, 0.3) is 0 Å². The topological polar surface area (TPSA) is 58.6 Å². The van der Waals surface area contributed by atoms with Crippen molar-refractivity contribution in [2.45, 2.75) is 0 Å². The van der Waals surface area contributed by atoms with Gasteiger partial charge in [0.1, 0.15) is 11.5 Å². The zero-order valence-corrected chi connectivity index (χ0v) is 8.97. The van der Waals surface area contributed by atoms with Crippen LogP contribution in [0.15, 0.2) is 53.7 Å². The molecule has 0 saturated carbocycles. The first-order valence-electron chi connectivity index (χ1n) is 5.05. The molecule has 0 fully saturated rings. The molecule has 0 spiro atoms. The van der Waals surface area contributed by atoms with Crippen LogP contribution in [-0.2, 0) is 0 Å². The molecule has 0 aliphatic heterocycles. The van der Waals surface area contributed by atoms with Crippen LogP contribution in [-0.4, -0.2) is 10.9 Å². The molecule has 0 amide bonds. The summed E-state index contributed by atoms with van der Waals surface area (Å²) >= 11 is 0. The van der Waals surface area contributed by atoms with Gasteiger partial charge in [-0.15, -0.1) is 0 Å². The van der Waals surface area contributed by atoms with Crippen LogP contribution in [0.1, 0.15) is 11.1 Å². The zero-order chi connectivity index (χ0) is 12.3. The Balaban J connectivity index is 2.49. The summed E-state index contributed by atoms with van der Waals surface area (Å²) in [7, 11) is 0. The fourth-order valence-corrected chi connectivity index (χ4v) is 1.59. The highest BCUT2D eigenvalue weighted by molar-refractivity contribution is 6.15. The molecular formula is C13H11FN2O. The van der Waals surface area contributed by atoms with Gasteiger partial charge in [-0.25, -0.2) is 4.39 Å². The molecule has 2 rings (SSSR count). The number of rotatable bonds is 2. The van der Waals surface area contributed by atoms with Crippen LogP contribution >= 0.6 is 0 Å². The van der Waals surface area contributed by atoms with Crippen molar-refractivity contribution >= 4 is 11.4 Å². The first kappa shape index (κ1) is 11.1. The lowest BCUT2D eigenvalue weighted by Crippen LogP contribution is -2.06. The lowest BCUT2D eigenvalue weighted by molar-refractivity contribution is 0.319. The van der Waals surface area contributed by atoms with Crippen molar-refractivity contribution in [2.24, 2.45) is 5.16 Å². The molecule has 0 radical (unpaired) electrons. The minimum Gasteiger partial charge on any atom is -0.410 e. The molecule has 0 atom stereocenters. The Morgan fingerprint density at radius 1 is 1.06 bits per heavy atom. The van der Waals surface area contributed by atoms with E-state index in [-0.39, 0.29) is 5.82 Å². The zero-order valence-electron chi connectivity index (χ0n) is 8.97. The summed E-state index contributed by atoms with van der Waals surface area (Å²) < 4.78 is 12.8. The van der Waals surface area contributed by atoms with E-state index in [0.717, 1.165) is 0 Å². The van der Waals surface area contributed by atoms with Crippen molar-refractivity contribution in [1.82, 2.24) is 0 Å². The van der Waals surface area contributed by atoms with Crippen molar-refractivity contribution in [3.8, 4) is 0 Å². The highest BCUT2D eigenvalue weighted by Gasteiger charge is 2.10. The van der Waals surface area contributed by atoms with Gasteiger partial charge in [-0.3, -0.25) is 0 Å². The number of hydrogen-bond acceptors (Lipinski definition) is 3. The fourth-order valence-electron chi connectivity index (χ4n) is 1.59. The maximum Gasteiger partial charge on any atom is 0.123 e. The van der Waals surface area contributed by atoms with E-state index in [0.29, 0.717) is 22.5 Å². The summed E-state index contributed by atoms with van der Waals surface area (Å²) in [6.45, 7) is 0. The lowest BCUT2D eigenvalue weighted by atomic mass is 10.0. The van der Waals surface area contributed by atoms with E-state index >= 15 is 0 Å². The predicted octanol–water partition coefficient (Wildman–Crippen LogP) is 2.63. The maximum absolute atomic E-state index is 12.8. The van der Waals surface area contributed by atoms with E-state index < -0.39 is 0 Å². The van der Waals surface area contributed by atoms with Crippen LogP contribution in [0.5, 0.6) is 0 Å². The van der Waals surface area contributed by atoms with Gasteiger partial charge < -0.3 is 10.9 Å². The van der Waals surface area contributed by atoms with Gasteiger partial charge in [-0.2, -0.15) is 0 Å². The van der Waals surface area contributed by atoms with Crippen molar-refractivity contribution < 1.29 is 9.60 Å². The van der Waals surface area contributed by atoms with Crippen LogP contribution in [0.4, 0.5) is 10.1 Å². The number of oxime groups is 1. The van der Waals surface area contributed by atoms with E-state index in [1.54, 1.807) is 24.3 Å². The second-order valence-corrected chi connectivity index (χ2v) is 3.54. The van der Waals surface area contributed by atoms with Crippen molar-refractivity contribution in [3.63, 3.8) is 0 Å². The van der Waals surface area contributed by atoms with Gasteiger partial charge in [0.2, 0.25) is 0 Å². The molecule has 3 nitrogen and oxygen atoms in total. The molecule has 0 aromatic heterocycles. The number of hydrogen-bond donors (Lipinski definition) is 2. The Morgan fingerprint density at radius 3 is 2.29 bits per heavy atom. The highest BCUT2D eigenvalue weighted by Crippen LogP contribution is 2.17. The Morgan fingerprint density at radius 2 is 1.71 bits per heavy atom. The van der Waals surface area contributed by atoms with Crippen LogP contribution in [0.2, 0.25) is 0 Å². The highest BCUT2D eigenvalue weighted by atomic mass is 19.1. The number of halogens is 1. The largest absolute Gasteiger partial charge is 0.410 e. The van der Waals surface area contributed by atoms with E-state index in [1.165, 1.54) is 24.3 Å². The first-order chi connectivity index (χ1) is 8.22. The molecule has 2 aromatic carbocycles. The number of nitrogen functional groups attached to an aromatic ring is 1. The van der Waals surface area contributed by atoms with Gasteiger partial charge in [0, 0.05) is 16.8 Å². The molecule has 0 heterocycles. The lowest BCUT2D eigenvalue weighted by Gasteiger charge is -2.07. The maximum atomic E-state index is 12.8. The van der Waals surface area contributed by atoms with Gasteiger partial charge in [-0.05, 0) is 30.3 Å². The molecule has 4 heteroatoms. The Kier molecular flexibility index (Phi) is 3.05. The van der Waals surface area contributed by atoms with E-state index in [2.05, 4.69) is 5.16 Å². The predicted molar refractivity (Wildman–Crippen MR) is 64.7 cm³/mol. The third kappa shape index (κ3) is 2.25. The number of para-hydroxylation sites is 1. The summed E-state index contributed by atoms with van der Waals surface area (Å²) in [5.74, 6) is -0.341. The summed E-state index contributed by atoms with van der Waals surface area (Å²) in [5, 5.41) is 12.3. The third-order valence-electron chi connectivity index (χ3n) is 2.43. The Labute approximate surface area is 98.0 Å². The molecule has 0 unspecified atom stereocenters. The Bertz CT molecular complexity index is 550. The molecule has 86 valence electrons. The smallest absolute Gasteiger partial charge is 0.123 e. The van der Waals surface area contributed by atoms with Gasteiger partial charge in [0.05, 0.1) is 0 Å². The molecule has 0 aliphatic rings. The summed E-state index contributed by atoms with van der Waals surface area (Å²) in [6, 6.07) is 12.7. The quantitative estimate of drug-likeness (QED) is 0.360. The minimum absolute atomic E-state index is 0.322. The number of nitrogens with zero attached hydrogens (tertiary/aromatic N) is 1. The number of anilines is 1. The number of benzene rings is 2. The second kappa shape index (κ2) is 4.65. The van der Waals surface area contributed by atoms with Gasteiger partial charge in [0.25, 0.3) is 0 Å². The molecule has 17 heavy (non-hydrogen) atoms. The van der Waals surface area contributed by atoms with E-state index in [4.69, 9.17) is 10.9 Å². The fraction of sp³-hybridized carbons (Fsp3) is 0. The molecule has 0 aliphatic carbocycles. The van der Waals surface area contributed by atoms with E-state index in [9.17, 15) is 4.39 Å². The molecule has 3 N–H and O–H groups in total. The average molecular weight is 230 g/mol. The SMILES string of the molecule is Nc1ccccc1/C(=N/O)c1ccc(F)cc1. The molecule has 0 saturated heterocycles. The molecule has 2 aromatic rings. The third-order valence-corrected chi connectivity index (χ3v) is 2.43. The first-order valence-corrected chi connectivity index (χ1v) is 5.05. The van der Waals surface area contributed by atoms with Crippen molar-refractivity contribution in [3.05, 3.63) is 65.5 Å². The van der Waals surface area contributed by atoms with Crippen LogP contribution in [0.3, 0.4) is 0 Å². The summed E-state index contributed by atoms with van der Waals surface area (Å²) in [4.78, 5) is 0. The molecular weight excluding hydrogens is 219 g/mol. The minimum atomic E-state index is -0.341. The molecule has 0 bridgehead atoms. The summed E-state index contributed by atoms with van der Waals surface area (Å²) in [5.41, 5.74) is 7.84. The average Bonchev–Trinajstić information content (AvgIpc) is 2.35. The van der Waals surface area contributed by atoms with Crippen LogP contribution < -0.4 is 5.73 Å². The number of nitrogens with two attached hydrogens (primary N) is 1. The Hall–Kier alpha value is -2.36. The standard InChI is InChI=1S/C13H11FN2O/c14-10-7-5-9(6-8-10)13(16-17)11-3-1-2-4-12(11)15/h1-8,17H,15H2/b16-13+. The van der Waals surface area contributed by atoms with Crippen molar-refractivity contribution in [2.75, 3.05) is 5.73 Å².